The molecule has 1 heterocycles. The number of nitrogens with zero attached hydrogens (tertiary/aromatic N) is 2. The molecule has 0 bridgehead atoms. The van der Waals surface area contributed by atoms with Crippen molar-refractivity contribution in [1.29, 1.82) is 0 Å². The summed E-state index contributed by atoms with van der Waals surface area (Å²) in [7, 11) is 1.65. The Hall–Kier alpha value is -2.79. The molecule has 0 radical (unpaired) electrons. The second-order valence-corrected chi connectivity index (χ2v) is 8.05. The lowest BCUT2D eigenvalue weighted by Crippen LogP contribution is -2.53. The zero-order chi connectivity index (χ0) is 19.6. The van der Waals surface area contributed by atoms with Crippen molar-refractivity contribution in [2.45, 2.75) is 38.8 Å². The number of rotatable bonds is 2. The highest BCUT2D eigenvalue weighted by Crippen LogP contribution is 2.43. The second-order valence-electron chi connectivity index (χ2n) is 8.05. The van der Waals surface area contributed by atoms with Crippen LogP contribution in [-0.4, -0.2) is 39.0 Å². The number of hydrogen-bond donors (Lipinski definition) is 1. The van der Waals surface area contributed by atoms with Gasteiger partial charge in [-0.25, -0.2) is 5.21 Å². The summed E-state index contributed by atoms with van der Waals surface area (Å²) in [6, 6.07) is 15.6. The molecule has 0 fully saturated rings. The SMILES string of the molecule is COc1c2ccccc2c(C2=[N+]([O-])C(C)(C)C(C)(C)N2O)c2ccccc12. The number of hydrogen-bond acceptors (Lipinski definition) is 4. The lowest BCUT2D eigenvalue weighted by molar-refractivity contribution is -0.539. The second kappa shape index (κ2) is 5.60. The number of hydroxylamine groups is 3. The smallest absolute Gasteiger partial charge is 0.315 e. The topological polar surface area (TPSA) is 58.8 Å². The molecule has 0 amide bonds. The molecule has 1 N–H and O–H groups in total. The third-order valence-electron chi connectivity index (χ3n) is 6.24. The van der Waals surface area contributed by atoms with Crippen molar-refractivity contribution in [3.05, 3.63) is 59.3 Å². The van der Waals surface area contributed by atoms with E-state index in [2.05, 4.69) is 0 Å². The normalized spacial score (nSPS) is 18.5. The number of amidine groups is 1. The van der Waals surface area contributed by atoms with Crippen molar-refractivity contribution in [2.24, 2.45) is 0 Å². The van der Waals surface area contributed by atoms with Crippen LogP contribution in [0.2, 0.25) is 0 Å². The maximum atomic E-state index is 13.3. The van der Waals surface area contributed by atoms with Gasteiger partial charge in [-0.1, -0.05) is 48.5 Å². The van der Waals surface area contributed by atoms with E-state index in [1.54, 1.807) is 7.11 Å². The first kappa shape index (κ1) is 17.6. The van der Waals surface area contributed by atoms with E-state index in [1.807, 2.05) is 76.2 Å². The van der Waals surface area contributed by atoms with Crippen molar-refractivity contribution in [1.82, 2.24) is 5.06 Å². The van der Waals surface area contributed by atoms with Gasteiger partial charge in [0.25, 0.3) is 0 Å². The first-order valence-corrected chi connectivity index (χ1v) is 9.04. The van der Waals surface area contributed by atoms with Gasteiger partial charge in [-0.3, -0.25) is 4.74 Å². The van der Waals surface area contributed by atoms with Crippen LogP contribution in [0.15, 0.2) is 48.5 Å². The minimum Gasteiger partial charge on any atom is -0.714 e. The van der Waals surface area contributed by atoms with Gasteiger partial charge in [-0.15, -0.1) is 5.06 Å². The molecule has 3 aromatic carbocycles. The lowest BCUT2D eigenvalue weighted by Gasteiger charge is -2.33. The molecule has 0 aromatic heterocycles. The Kier molecular flexibility index (Phi) is 3.65. The molecular weight excluding hydrogens is 340 g/mol. The summed E-state index contributed by atoms with van der Waals surface area (Å²) < 4.78 is 6.66. The fourth-order valence-corrected chi connectivity index (χ4v) is 3.88. The fourth-order valence-electron chi connectivity index (χ4n) is 3.88. The van der Waals surface area contributed by atoms with Crippen LogP contribution < -0.4 is 4.74 Å². The third-order valence-corrected chi connectivity index (χ3v) is 6.24. The van der Waals surface area contributed by atoms with Gasteiger partial charge < -0.3 is 9.94 Å². The first-order chi connectivity index (χ1) is 12.7. The summed E-state index contributed by atoms with van der Waals surface area (Å²) >= 11 is 0. The summed E-state index contributed by atoms with van der Waals surface area (Å²) in [6.07, 6.45) is 0. The van der Waals surface area contributed by atoms with E-state index in [1.165, 1.54) is 0 Å². The molecule has 0 unspecified atom stereocenters. The predicted molar refractivity (Wildman–Crippen MR) is 108 cm³/mol. The average molecular weight is 364 g/mol. The highest BCUT2D eigenvalue weighted by atomic mass is 16.5. The highest BCUT2D eigenvalue weighted by molar-refractivity contribution is 6.21. The number of methoxy groups -OCH3 is 1. The van der Waals surface area contributed by atoms with Crippen molar-refractivity contribution in [3.8, 4) is 5.75 Å². The van der Waals surface area contributed by atoms with E-state index >= 15 is 0 Å². The Morgan fingerprint density at radius 1 is 0.889 bits per heavy atom. The summed E-state index contributed by atoms with van der Waals surface area (Å²) in [6.45, 7) is 7.45. The van der Waals surface area contributed by atoms with Crippen LogP contribution in [0, 0.1) is 5.21 Å². The lowest BCUT2D eigenvalue weighted by atomic mass is 9.84. The first-order valence-electron chi connectivity index (χ1n) is 9.04. The minimum atomic E-state index is -0.806. The summed E-state index contributed by atoms with van der Waals surface area (Å²) in [5.41, 5.74) is -0.844. The molecule has 5 heteroatoms. The average Bonchev–Trinajstić information content (AvgIpc) is 2.77. The Bertz CT molecular complexity index is 1040. The van der Waals surface area contributed by atoms with Gasteiger partial charge in [0, 0.05) is 21.5 Å². The zero-order valence-corrected chi connectivity index (χ0v) is 16.3. The fraction of sp³-hybridized carbons (Fsp3) is 0.318. The summed E-state index contributed by atoms with van der Waals surface area (Å²) in [5.74, 6) is 1.03. The molecule has 140 valence electrons. The highest BCUT2D eigenvalue weighted by Gasteiger charge is 2.59. The molecule has 5 nitrogen and oxygen atoms in total. The largest absolute Gasteiger partial charge is 0.714 e. The molecular formula is C22H24N2O3. The van der Waals surface area contributed by atoms with Crippen molar-refractivity contribution in [2.75, 3.05) is 7.11 Å². The zero-order valence-electron chi connectivity index (χ0n) is 16.3. The van der Waals surface area contributed by atoms with E-state index in [0.717, 1.165) is 42.7 Å². The van der Waals surface area contributed by atoms with Crippen molar-refractivity contribution in [3.63, 3.8) is 0 Å². The molecule has 3 aromatic rings. The van der Waals surface area contributed by atoms with Crippen LogP contribution in [-0.2, 0) is 0 Å². The molecule has 0 atom stereocenters. The van der Waals surface area contributed by atoms with E-state index in [9.17, 15) is 10.4 Å². The number of ether oxygens (including phenoxy) is 1. The van der Waals surface area contributed by atoms with Crippen LogP contribution in [0.4, 0.5) is 0 Å². The Morgan fingerprint density at radius 2 is 1.33 bits per heavy atom. The summed E-state index contributed by atoms with van der Waals surface area (Å²) in [4.78, 5) is 0. The predicted octanol–water partition coefficient (Wildman–Crippen LogP) is 4.52. The number of benzene rings is 3. The Labute approximate surface area is 158 Å². The van der Waals surface area contributed by atoms with Crippen LogP contribution in [0.1, 0.15) is 33.3 Å². The van der Waals surface area contributed by atoms with Gasteiger partial charge in [-0.2, -0.15) is 0 Å². The van der Waals surface area contributed by atoms with E-state index in [4.69, 9.17) is 4.74 Å². The summed E-state index contributed by atoms with van der Waals surface area (Å²) in [5, 5.41) is 29.1. The minimum absolute atomic E-state index is 0.264. The standard InChI is InChI=1S/C22H24N2O3/c1-21(2)22(3,4)24(26)20(23(21)25)18-14-10-6-8-12-16(14)19(27-5)17-13-9-7-11-15(17)18/h6-13,25H,1-5H3. The van der Waals surface area contributed by atoms with Gasteiger partial charge in [0.05, 0.1) is 12.7 Å². The monoisotopic (exact) mass is 364 g/mol. The maximum absolute atomic E-state index is 13.3. The van der Waals surface area contributed by atoms with E-state index in [0.29, 0.717) is 0 Å². The van der Waals surface area contributed by atoms with Gasteiger partial charge in [0.15, 0.2) is 5.54 Å². The Balaban J connectivity index is 2.22. The third kappa shape index (κ3) is 2.12. The number of fused-ring (bicyclic) bond motifs is 2. The molecule has 1 aliphatic rings. The molecule has 0 spiro atoms. The molecule has 0 aliphatic carbocycles. The van der Waals surface area contributed by atoms with Gasteiger partial charge in [0.2, 0.25) is 0 Å². The molecule has 0 saturated carbocycles. The molecule has 27 heavy (non-hydrogen) atoms. The van der Waals surface area contributed by atoms with Crippen LogP contribution in [0.3, 0.4) is 0 Å². The quantitative estimate of drug-likeness (QED) is 0.413. The molecule has 0 saturated heterocycles. The molecule has 4 rings (SSSR count). The van der Waals surface area contributed by atoms with E-state index < -0.39 is 11.1 Å². The van der Waals surface area contributed by atoms with E-state index in [-0.39, 0.29) is 5.84 Å². The van der Waals surface area contributed by atoms with Crippen LogP contribution in [0.5, 0.6) is 5.75 Å². The van der Waals surface area contributed by atoms with Crippen molar-refractivity contribution < 1.29 is 14.7 Å². The van der Waals surface area contributed by atoms with Crippen LogP contribution >= 0.6 is 0 Å². The Morgan fingerprint density at radius 3 is 1.70 bits per heavy atom. The van der Waals surface area contributed by atoms with Gasteiger partial charge >= 0.3 is 5.84 Å². The molecule has 1 aliphatic heterocycles. The van der Waals surface area contributed by atoms with Crippen LogP contribution in [0.25, 0.3) is 21.5 Å². The van der Waals surface area contributed by atoms with Gasteiger partial charge in [0.1, 0.15) is 11.3 Å². The maximum Gasteiger partial charge on any atom is 0.315 e. The van der Waals surface area contributed by atoms with Gasteiger partial charge in [-0.05, 0) is 27.7 Å². The van der Waals surface area contributed by atoms with Crippen molar-refractivity contribution >= 4 is 27.4 Å².